The number of hydrogen-bond acceptors (Lipinski definition) is 3. The van der Waals surface area contributed by atoms with Crippen LogP contribution in [0.1, 0.15) is 10.4 Å². The van der Waals surface area contributed by atoms with Gasteiger partial charge in [0.15, 0.2) is 0 Å². The molecule has 138 valence electrons. The molecule has 0 bridgehead atoms. The van der Waals surface area contributed by atoms with E-state index in [9.17, 15) is 13.2 Å². The predicted octanol–water partition coefficient (Wildman–Crippen LogP) is 5.84. The maximum Gasteiger partial charge on any atom is 0.261 e. The monoisotopic (exact) mass is 439 g/mol. The van der Waals surface area contributed by atoms with Crippen LogP contribution in [0.5, 0.6) is 0 Å². The van der Waals surface area contributed by atoms with Gasteiger partial charge in [0.25, 0.3) is 15.3 Å². The van der Waals surface area contributed by atoms with Crippen molar-refractivity contribution in [3.63, 3.8) is 0 Å². The highest BCUT2D eigenvalue weighted by atomic mass is 35.5. The second kappa shape index (κ2) is 7.90. The lowest BCUT2D eigenvalue weighted by atomic mass is 10.1. The number of hydrogen-bond donors (Lipinski definition) is 1. The molecule has 0 saturated carbocycles. The number of nitrogens with one attached hydrogen (secondary N) is 1. The van der Waals surface area contributed by atoms with Gasteiger partial charge in [0, 0.05) is 26.9 Å². The topological polar surface area (TPSA) is 63.2 Å². The van der Waals surface area contributed by atoms with Crippen molar-refractivity contribution in [2.45, 2.75) is 4.90 Å². The largest absolute Gasteiger partial charge is 0.280 e. The van der Waals surface area contributed by atoms with Crippen molar-refractivity contribution in [1.29, 1.82) is 0 Å². The first-order valence-electron chi connectivity index (χ1n) is 7.64. The first-order valence-corrected chi connectivity index (χ1v) is 10.3. The van der Waals surface area contributed by atoms with Gasteiger partial charge in [-0.3, -0.25) is 9.52 Å². The summed E-state index contributed by atoms with van der Waals surface area (Å²) in [6, 6.07) is 17.3. The summed E-state index contributed by atoms with van der Waals surface area (Å²) in [7, 11) is -3.83. The molecule has 0 spiro atoms. The molecule has 0 heterocycles. The van der Waals surface area contributed by atoms with Gasteiger partial charge < -0.3 is 0 Å². The Bertz CT molecular complexity index is 1110. The maximum atomic E-state index is 12.6. The molecule has 8 heteroatoms. The molecule has 27 heavy (non-hydrogen) atoms. The number of anilines is 1. The minimum Gasteiger partial charge on any atom is -0.280 e. The zero-order valence-electron chi connectivity index (χ0n) is 13.6. The Kier molecular flexibility index (Phi) is 5.77. The predicted molar refractivity (Wildman–Crippen MR) is 109 cm³/mol. The van der Waals surface area contributed by atoms with Crippen LogP contribution in [-0.4, -0.2) is 13.7 Å². The van der Waals surface area contributed by atoms with E-state index < -0.39 is 15.3 Å². The highest BCUT2D eigenvalue weighted by Gasteiger charge is 2.15. The zero-order chi connectivity index (χ0) is 19.6. The lowest BCUT2D eigenvalue weighted by Gasteiger charge is -2.10. The molecule has 0 amide bonds. The van der Waals surface area contributed by atoms with Crippen LogP contribution in [0, 0.1) is 0 Å². The van der Waals surface area contributed by atoms with E-state index in [-0.39, 0.29) is 16.1 Å². The van der Waals surface area contributed by atoms with Gasteiger partial charge in [-0.1, -0.05) is 47.5 Å². The second-order valence-electron chi connectivity index (χ2n) is 5.61. The Morgan fingerprint density at radius 3 is 2.22 bits per heavy atom. The average Bonchev–Trinajstić information content (AvgIpc) is 2.62. The maximum absolute atomic E-state index is 12.6. The molecule has 3 aromatic rings. The van der Waals surface area contributed by atoms with Gasteiger partial charge in [0.2, 0.25) is 0 Å². The molecule has 0 atom stereocenters. The zero-order valence-corrected chi connectivity index (χ0v) is 16.7. The smallest absolute Gasteiger partial charge is 0.261 e. The quantitative estimate of drug-likeness (QED) is 0.507. The molecule has 3 aromatic carbocycles. The number of sulfonamides is 1. The molecule has 3 rings (SSSR count). The molecule has 4 nitrogen and oxygen atoms in total. The van der Waals surface area contributed by atoms with Crippen LogP contribution in [-0.2, 0) is 10.0 Å². The molecular weight excluding hydrogens is 429 g/mol. The summed E-state index contributed by atoms with van der Waals surface area (Å²) >= 11 is 17.5. The Hall–Kier alpha value is -2.05. The molecule has 0 unspecified atom stereocenters. The third-order valence-corrected chi connectivity index (χ3v) is 5.91. The summed E-state index contributed by atoms with van der Waals surface area (Å²) < 4.78 is 27.6. The minimum absolute atomic E-state index is 0.0685. The molecule has 0 saturated heterocycles. The normalized spacial score (nSPS) is 11.2. The fraction of sp³-hybridized carbons (Fsp3) is 0. The fourth-order valence-corrected chi connectivity index (χ4v) is 4.14. The highest BCUT2D eigenvalue weighted by molar-refractivity contribution is 7.92. The first-order chi connectivity index (χ1) is 12.8. The van der Waals surface area contributed by atoms with Gasteiger partial charge in [-0.15, -0.1) is 0 Å². The molecule has 0 aliphatic heterocycles. The highest BCUT2D eigenvalue weighted by Crippen LogP contribution is 2.31. The lowest BCUT2D eigenvalue weighted by molar-refractivity contribution is 0.108. The Balaban J connectivity index is 1.87. The van der Waals surface area contributed by atoms with Crippen LogP contribution in [0.15, 0.2) is 71.6 Å². The molecule has 0 aliphatic rings. The molecule has 0 aromatic heterocycles. The van der Waals surface area contributed by atoms with Gasteiger partial charge in [0.05, 0.1) is 4.90 Å². The van der Waals surface area contributed by atoms with E-state index in [1.165, 1.54) is 30.3 Å². The Morgan fingerprint density at radius 1 is 0.889 bits per heavy atom. The van der Waals surface area contributed by atoms with E-state index in [2.05, 4.69) is 4.72 Å². The minimum atomic E-state index is -3.83. The van der Waals surface area contributed by atoms with Crippen LogP contribution < -0.4 is 4.72 Å². The molecule has 1 N–H and O–H groups in total. The number of carbonyl (C=O) groups excluding carboxylic acids is 1. The van der Waals surface area contributed by atoms with Gasteiger partial charge in [-0.2, -0.15) is 0 Å². The fourth-order valence-electron chi connectivity index (χ4n) is 2.46. The summed E-state index contributed by atoms with van der Waals surface area (Å²) in [6.07, 6.45) is 0. The van der Waals surface area contributed by atoms with Crippen LogP contribution in [0.4, 0.5) is 5.69 Å². The Morgan fingerprint density at radius 2 is 1.59 bits per heavy atom. The van der Waals surface area contributed by atoms with Crippen molar-refractivity contribution in [2.24, 2.45) is 0 Å². The van der Waals surface area contributed by atoms with Crippen LogP contribution in [0.2, 0.25) is 10.0 Å². The van der Waals surface area contributed by atoms with Gasteiger partial charge in [0.1, 0.15) is 0 Å². The second-order valence-corrected chi connectivity index (χ2v) is 8.48. The molecule has 0 fully saturated rings. The third-order valence-electron chi connectivity index (χ3n) is 3.75. The van der Waals surface area contributed by atoms with E-state index >= 15 is 0 Å². The number of rotatable bonds is 5. The standard InChI is InChI=1S/C19H12Cl3NO3S/c20-14-6-9-17(18(21)11-14)12-4-7-16(8-5-12)27(25,26)23-15-3-1-2-13(10-15)19(22)24/h1-11,23H. The lowest BCUT2D eigenvalue weighted by Crippen LogP contribution is -2.13. The van der Waals surface area contributed by atoms with Crippen molar-refractivity contribution in [3.05, 3.63) is 82.3 Å². The van der Waals surface area contributed by atoms with Crippen molar-refractivity contribution < 1.29 is 13.2 Å². The van der Waals surface area contributed by atoms with Crippen LogP contribution in [0.25, 0.3) is 11.1 Å². The van der Waals surface area contributed by atoms with E-state index in [0.717, 1.165) is 11.1 Å². The molecule has 0 radical (unpaired) electrons. The van der Waals surface area contributed by atoms with Crippen LogP contribution in [0.3, 0.4) is 0 Å². The third kappa shape index (κ3) is 4.62. The van der Waals surface area contributed by atoms with Crippen molar-refractivity contribution in [1.82, 2.24) is 0 Å². The number of benzene rings is 3. The van der Waals surface area contributed by atoms with Gasteiger partial charge in [-0.25, -0.2) is 8.42 Å². The summed E-state index contributed by atoms with van der Waals surface area (Å²) in [6.45, 7) is 0. The van der Waals surface area contributed by atoms with Crippen molar-refractivity contribution >= 4 is 55.8 Å². The average molecular weight is 441 g/mol. The van der Waals surface area contributed by atoms with E-state index in [1.54, 1.807) is 36.4 Å². The molecule has 0 aliphatic carbocycles. The van der Waals surface area contributed by atoms with Crippen molar-refractivity contribution in [3.8, 4) is 11.1 Å². The van der Waals surface area contributed by atoms with E-state index in [4.69, 9.17) is 34.8 Å². The SMILES string of the molecule is O=C(Cl)c1cccc(NS(=O)(=O)c2ccc(-c3ccc(Cl)cc3Cl)cc2)c1. The van der Waals surface area contributed by atoms with Crippen molar-refractivity contribution in [2.75, 3.05) is 4.72 Å². The van der Waals surface area contributed by atoms with E-state index in [1.807, 2.05) is 0 Å². The number of halogens is 3. The summed E-state index contributed by atoms with van der Waals surface area (Å²) in [5, 5.41) is 0.323. The van der Waals surface area contributed by atoms with Gasteiger partial charge >= 0.3 is 0 Å². The van der Waals surface area contributed by atoms with E-state index in [0.29, 0.717) is 10.0 Å². The summed E-state index contributed by atoms with van der Waals surface area (Å²) in [4.78, 5) is 11.3. The summed E-state index contributed by atoms with van der Waals surface area (Å²) in [5.74, 6) is 0. The number of carbonyl (C=O) groups is 1. The molecular formula is C19H12Cl3NO3S. The summed E-state index contributed by atoms with van der Waals surface area (Å²) in [5.41, 5.74) is 1.94. The van der Waals surface area contributed by atoms with Crippen LogP contribution >= 0.6 is 34.8 Å². The Labute approximate surface area is 171 Å². The van der Waals surface area contributed by atoms with Gasteiger partial charge in [-0.05, 0) is 59.6 Å². The first kappa shape index (κ1) is 19.7.